The van der Waals surface area contributed by atoms with Gasteiger partial charge in [0.2, 0.25) is 17.7 Å². The van der Waals surface area contributed by atoms with E-state index in [1.54, 1.807) is 30.0 Å². The first-order chi connectivity index (χ1) is 33.1. The van der Waals surface area contributed by atoms with Crippen molar-refractivity contribution in [3.8, 4) is 0 Å². The van der Waals surface area contributed by atoms with E-state index in [0.717, 1.165) is 129 Å². The Balaban J connectivity index is 0.588. The van der Waals surface area contributed by atoms with Crippen LogP contribution in [0.2, 0.25) is 0 Å². The summed E-state index contributed by atoms with van der Waals surface area (Å²) in [6.07, 6.45) is 13.6. The van der Waals surface area contributed by atoms with E-state index >= 15 is 0 Å². The molecule has 0 radical (unpaired) electrons. The molecule has 8 heterocycles. The van der Waals surface area contributed by atoms with Crippen LogP contribution < -0.4 is 31.1 Å². The van der Waals surface area contributed by atoms with Gasteiger partial charge in [0.15, 0.2) is 11.5 Å². The molecule has 10 rings (SSSR count). The van der Waals surface area contributed by atoms with Gasteiger partial charge < -0.3 is 35.6 Å². The number of aromatic nitrogens is 4. The summed E-state index contributed by atoms with van der Waals surface area (Å²) in [6, 6.07) is 16.2. The lowest BCUT2D eigenvalue weighted by molar-refractivity contribution is -0.137. The molecular weight excluding hydrogens is 881 g/mol. The van der Waals surface area contributed by atoms with Gasteiger partial charge in [-0.1, -0.05) is 42.8 Å². The van der Waals surface area contributed by atoms with Crippen LogP contribution in [0.25, 0.3) is 0 Å². The van der Waals surface area contributed by atoms with Crippen molar-refractivity contribution in [1.82, 2.24) is 45.9 Å². The minimum atomic E-state index is -0.672. The van der Waals surface area contributed by atoms with Crippen LogP contribution in [-0.2, 0) is 27.5 Å². The lowest BCUT2D eigenvalue weighted by atomic mass is 9.78. The lowest BCUT2D eigenvalue weighted by Crippen LogP contribution is -2.57. The minimum absolute atomic E-state index is 0.0427. The van der Waals surface area contributed by atoms with Gasteiger partial charge in [-0.05, 0) is 111 Å². The van der Waals surface area contributed by atoms with E-state index in [9.17, 15) is 24.0 Å². The monoisotopic (exact) mass is 940 g/mol. The third-order valence-corrected chi connectivity index (χ3v) is 15.8. The highest BCUT2D eigenvalue weighted by molar-refractivity contribution is 7.99. The van der Waals surface area contributed by atoms with Crippen LogP contribution in [0.15, 0.2) is 76.9 Å². The Labute approximate surface area is 401 Å². The molecule has 1 unspecified atom stereocenters. The first-order valence-electron chi connectivity index (χ1n) is 24.3. The number of carbonyl (C=O) groups is 5. The molecule has 0 bridgehead atoms. The normalized spacial score (nSPS) is 20.7. The molecule has 68 heavy (non-hydrogen) atoms. The molecule has 5 amide bonds. The van der Waals surface area contributed by atoms with E-state index < -0.39 is 11.9 Å². The highest BCUT2D eigenvalue weighted by Gasteiger charge is 2.47. The Bertz CT molecular complexity index is 2520. The predicted octanol–water partition coefficient (Wildman–Crippen LogP) is 4.79. The molecule has 4 N–H and O–H groups in total. The van der Waals surface area contributed by atoms with Crippen molar-refractivity contribution in [3.63, 3.8) is 0 Å². The van der Waals surface area contributed by atoms with Crippen molar-refractivity contribution >= 4 is 58.6 Å². The average Bonchev–Trinajstić information content (AvgIpc) is 4.08. The van der Waals surface area contributed by atoms with E-state index in [1.165, 1.54) is 24.2 Å². The summed E-state index contributed by atoms with van der Waals surface area (Å²) in [5, 5.41) is 21.4. The fourth-order valence-electron chi connectivity index (χ4n) is 11.0. The first-order valence-corrected chi connectivity index (χ1v) is 25.1. The van der Waals surface area contributed by atoms with Crippen molar-refractivity contribution in [1.29, 1.82) is 0 Å². The molecule has 0 aliphatic carbocycles. The number of carbonyl (C=O) groups excluding carboxylic acids is 5. The van der Waals surface area contributed by atoms with Crippen molar-refractivity contribution in [2.24, 2.45) is 10.8 Å². The maximum Gasteiger partial charge on any atom is 0.272 e. The molecule has 5 fully saturated rings. The number of nitrogens with zero attached hydrogens (tertiary/aromatic N) is 8. The van der Waals surface area contributed by atoms with Crippen molar-refractivity contribution in [2.45, 2.75) is 99.7 Å². The van der Waals surface area contributed by atoms with Gasteiger partial charge in [-0.15, -0.1) is 10.2 Å². The molecule has 356 valence electrons. The maximum atomic E-state index is 13.0. The number of likely N-dealkylation sites (tertiary alicyclic amines) is 1. The Hall–Kier alpha value is -5.98. The zero-order valence-electron chi connectivity index (χ0n) is 38.5. The average molecular weight is 941 g/mol. The summed E-state index contributed by atoms with van der Waals surface area (Å²) < 4.78 is 0. The molecule has 1 atom stereocenters. The Morgan fingerprint density at radius 3 is 2.44 bits per heavy atom. The highest BCUT2D eigenvalue weighted by atomic mass is 32.2. The van der Waals surface area contributed by atoms with Gasteiger partial charge in [-0.2, -0.15) is 0 Å². The standard InChI is InChI=1S/C50H60N12O5S/c63-43(55-36-6-5-7-37(25-36)68-45-28-52-42(27-53-45)60-21-16-49(17-22-60)15-19-51-30-49)8-3-1-2-4-20-59-31-50(32-59)18-23-61(33-50)41-13-11-39(57-58-41)46(65)54-26-34-9-10-38-35(24-34)29-62(48(38)67)40-12-14-44(64)56-47(40)66/h5-7,9-11,13,24-25,27-28,40,51H,1-4,8,12,14-23,26,29-33H2,(H,54,65)(H,55,63)(H,56,64,66). The van der Waals surface area contributed by atoms with E-state index in [0.29, 0.717) is 23.8 Å². The minimum Gasteiger partial charge on any atom is -0.355 e. The van der Waals surface area contributed by atoms with Gasteiger partial charge >= 0.3 is 0 Å². The van der Waals surface area contributed by atoms with Crippen LogP contribution in [-0.4, -0.2) is 124 Å². The quantitative estimate of drug-likeness (QED) is 0.0884. The predicted molar refractivity (Wildman–Crippen MR) is 257 cm³/mol. The number of rotatable bonds is 16. The SMILES string of the molecule is O=C1CCC(N2Cc3cc(CNC(=O)c4ccc(N5CCC6(CN(CCCCCCC(=O)Nc7cccc(Sc8cnc(N9CCC%10(CCNC%10)CC9)cn8)c7)C6)C5)nn4)ccc3C2=O)C(=O)N1. The summed E-state index contributed by atoms with van der Waals surface area (Å²) in [6.45, 7) is 9.88. The van der Waals surface area contributed by atoms with Crippen LogP contribution in [0.1, 0.15) is 103 Å². The van der Waals surface area contributed by atoms with Crippen LogP contribution in [0.3, 0.4) is 0 Å². The number of amides is 5. The second kappa shape index (κ2) is 19.9. The molecule has 18 heteroatoms. The second-order valence-corrected chi connectivity index (χ2v) is 20.8. The summed E-state index contributed by atoms with van der Waals surface area (Å²) in [5.41, 5.74) is 3.89. The van der Waals surface area contributed by atoms with Gasteiger partial charge in [0.05, 0.1) is 12.4 Å². The summed E-state index contributed by atoms with van der Waals surface area (Å²) in [7, 11) is 0. The Morgan fingerprint density at radius 2 is 1.66 bits per heavy atom. The highest BCUT2D eigenvalue weighted by Crippen LogP contribution is 2.41. The molecule has 0 saturated carbocycles. The maximum absolute atomic E-state index is 13.0. The molecule has 6 aliphatic rings. The summed E-state index contributed by atoms with van der Waals surface area (Å²) in [4.78, 5) is 82.0. The number of benzene rings is 2. The molecule has 6 aliphatic heterocycles. The van der Waals surface area contributed by atoms with Gasteiger partial charge in [0, 0.05) is 93.3 Å². The van der Waals surface area contributed by atoms with Crippen LogP contribution in [0, 0.1) is 10.8 Å². The van der Waals surface area contributed by atoms with Crippen molar-refractivity contribution < 1.29 is 24.0 Å². The molecule has 4 aromatic rings. The van der Waals surface area contributed by atoms with Gasteiger partial charge in [-0.3, -0.25) is 29.3 Å². The molecule has 2 spiro atoms. The molecule has 5 saturated heterocycles. The zero-order valence-corrected chi connectivity index (χ0v) is 39.3. The summed E-state index contributed by atoms with van der Waals surface area (Å²) in [5.74, 6) is 0.430. The van der Waals surface area contributed by atoms with Gasteiger partial charge in [-0.25, -0.2) is 9.97 Å². The molecule has 2 aromatic heterocycles. The molecule has 17 nitrogen and oxygen atoms in total. The number of nitrogens with one attached hydrogen (secondary N) is 4. The number of piperidine rings is 2. The van der Waals surface area contributed by atoms with Crippen LogP contribution >= 0.6 is 11.8 Å². The largest absolute Gasteiger partial charge is 0.355 e. The van der Waals surface area contributed by atoms with E-state index in [-0.39, 0.29) is 54.2 Å². The number of hydrogen-bond acceptors (Lipinski definition) is 14. The third-order valence-electron chi connectivity index (χ3n) is 14.9. The van der Waals surface area contributed by atoms with E-state index in [2.05, 4.69) is 46.2 Å². The molecular formula is C50H60N12O5S. The fourth-order valence-corrected chi connectivity index (χ4v) is 11.8. The van der Waals surface area contributed by atoms with Crippen molar-refractivity contribution in [3.05, 3.63) is 89.4 Å². The first kappa shape index (κ1) is 45.8. The Kier molecular flexibility index (Phi) is 13.4. The lowest BCUT2D eigenvalue weighted by Gasteiger charge is -2.48. The van der Waals surface area contributed by atoms with Crippen LogP contribution in [0.5, 0.6) is 0 Å². The number of unbranched alkanes of at least 4 members (excludes halogenated alkanes) is 3. The third kappa shape index (κ3) is 10.4. The van der Waals surface area contributed by atoms with E-state index in [4.69, 9.17) is 9.97 Å². The van der Waals surface area contributed by atoms with Crippen molar-refractivity contribution in [2.75, 3.05) is 74.0 Å². The summed E-state index contributed by atoms with van der Waals surface area (Å²) >= 11 is 1.55. The number of fused-ring (bicyclic) bond motifs is 1. The smallest absolute Gasteiger partial charge is 0.272 e. The zero-order chi connectivity index (χ0) is 46.7. The van der Waals surface area contributed by atoms with Gasteiger partial charge in [0.1, 0.15) is 16.9 Å². The van der Waals surface area contributed by atoms with E-state index in [1.807, 2.05) is 48.8 Å². The second-order valence-electron chi connectivity index (χ2n) is 19.7. The Morgan fingerprint density at radius 1 is 0.824 bits per heavy atom. The number of hydrogen-bond donors (Lipinski definition) is 4. The van der Waals surface area contributed by atoms with Gasteiger partial charge in [0.25, 0.3) is 11.8 Å². The number of imide groups is 1. The topological polar surface area (TPSA) is 198 Å². The van der Waals surface area contributed by atoms with Crippen LogP contribution in [0.4, 0.5) is 17.3 Å². The fraction of sp³-hybridized carbons (Fsp3) is 0.500. The number of anilines is 3. The molecule has 2 aromatic carbocycles.